The molecule has 2 aliphatic heterocycles. The Morgan fingerprint density at radius 2 is 1.62 bits per heavy atom. The van der Waals surface area contributed by atoms with Crippen LogP contribution in [-0.2, 0) is 9.47 Å². The number of hydrogen-bond acceptors (Lipinski definition) is 3. The molecule has 1 N–H and O–H groups in total. The van der Waals surface area contributed by atoms with Crippen molar-refractivity contribution < 1.29 is 16.0 Å². The third-order valence-electron chi connectivity index (χ3n) is 4.02. The molecule has 0 spiro atoms. The maximum Gasteiger partial charge on any atom is 2.00 e. The molecule has 0 radical (unpaired) electrons. The van der Waals surface area contributed by atoms with Crippen LogP contribution in [0.1, 0.15) is 92.3 Å². The van der Waals surface area contributed by atoms with Gasteiger partial charge in [0.15, 0.2) is 0 Å². The third kappa shape index (κ3) is 43.4. The summed E-state index contributed by atoms with van der Waals surface area (Å²) in [7, 11) is 0. The Balaban J connectivity index is -0.000000156. The summed E-state index contributed by atoms with van der Waals surface area (Å²) in [6.07, 6.45) is 18.9. The number of aliphatic hydroxyl groups is 1. The van der Waals surface area contributed by atoms with Crippen molar-refractivity contribution in [2.24, 2.45) is 0 Å². The van der Waals surface area contributed by atoms with Crippen molar-refractivity contribution in [3.8, 4) is 0 Å². The van der Waals surface area contributed by atoms with Gasteiger partial charge in [-0.05, 0) is 52.4 Å². The van der Waals surface area contributed by atoms with Crippen molar-refractivity contribution in [3.63, 3.8) is 0 Å². The fourth-order valence-electron chi connectivity index (χ4n) is 2.15. The zero-order valence-electron chi connectivity index (χ0n) is 20.3. The predicted octanol–water partition coefficient (Wildman–Crippen LogP) is 7.12. The van der Waals surface area contributed by atoms with Gasteiger partial charge in [-0.1, -0.05) is 60.2 Å². The van der Waals surface area contributed by atoms with Gasteiger partial charge >= 0.3 is 23.1 Å². The van der Waals surface area contributed by atoms with Gasteiger partial charge in [-0.15, -0.1) is 13.2 Å². The number of hydrogen-bond donors (Lipinski definition) is 1. The Bertz CT molecular complexity index is 305. The molecule has 0 bridgehead atoms. The number of ether oxygens (including phenoxy) is 2. The molecule has 2 fully saturated rings. The molecule has 0 aliphatic carbocycles. The molecule has 0 aromatic carbocycles. The smallest absolute Gasteiger partial charge is 1.00 e. The Morgan fingerprint density at radius 3 is 1.93 bits per heavy atom. The molecule has 3 nitrogen and oxygen atoms in total. The first-order chi connectivity index (χ1) is 13.6. The molecular formula is C24H47BrMgO3. The molecule has 29 heavy (non-hydrogen) atoms. The Labute approximate surface area is 207 Å². The van der Waals surface area contributed by atoms with Crippen LogP contribution in [0.2, 0.25) is 0 Å². The maximum atomic E-state index is 8.94. The number of unbranched alkanes of at least 4 members (excludes halogenated alkanes) is 7. The van der Waals surface area contributed by atoms with Crippen LogP contribution in [0.25, 0.3) is 0 Å². The zero-order valence-corrected chi connectivity index (χ0v) is 22.3. The van der Waals surface area contributed by atoms with Gasteiger partial charge < -0.3 is 16.0 Å². The molecular weight excluding hydrogens is 440 g/mol. The molecule has 2 heterocycles. The normalized spacial score (nSPS) is 17.0. The molecule has 2 aliphatic rings. The van der Waals surface area contributed by atoms with Crippen LogP contribution < -0.4 is 0 Å². The van der Waals surface area contributed by atoms with Crippen LogP contribution in [0.4, 0.5) is 0 Å². The van der Waals surface area contributed by atoms with Crippen molar-refractivity contribution in [3.05, 3.63) is 31.9 Å². The molecule has 0 saturated carbocycles. The molecule has 170 valence electrons. The zero-order chi connectivity index (χ0) is 21.3. The van der Waals surface area contributed by atoms with Crippen LogP contribution in [0.5, 0.6) is 0 Å². The minimum absolute atomic E-state index is 0. The quantitative estimate of drug-likeness (QED) is 0.0796. The topological polar surface area (TPSA) is 42.0 Å². The van der Waals surface area contributed by atoms with E-state index in [1.807, 2.05) is 25.7 Å². The van der Waals surface area contributed by atoms with Crippen molar-refractivity contribution in [1.82, 2.24) is 0 Å². The van der Waals surface area contributed by atoms with E-state index in [2.05, 4.69) is 36.0 Å². The van der Waals surface area contributed by atoms with E-state index in [0.717, 1.165) is 44.2 Å². The summed E-state index contributed by atoms with van der Waals surface area (Å²) < 4.78 is 9.53. The monoisotopic (exact) mass is 486 g/mol. The van der Waals surface area contributed by atoms with E-state index in [9.17, 15) is 0 Å². The average Bonchev–Trinajstić information content (AvgIpc) is 3.24. The largest absolute Gasteiger partial charge is 2.00 e. The third-order valence-corrected chi connectivity index (χ3v) is 4.58. The summed E-state index contributed by atoms with van der Waals surface area (Å²) in [4.78, 5) is 0. The van der Waals surface area contributed by atoms with E-state index in [-0.39, 0.29) is 30.6 Å². The van der Waals surface area contributed by atoms with Gasteiger partial charge in [-0.2, -0.15) is 6.42 Å². The van der Waals surface area contributed by atoms with Gasteiger partial charge in [-0.25, -0.2) is 6.61 Å². The maximum absolute atomic E-state index is 8.94. The second-order valence-electron chi connectivity index (χ2n) is 7.28. The summed E-state index contributed by atoms with van der Waals surface area (Å²) >= 11 is 3.38. The van der Waals surface area contributed by atoms with E-state index in [1.165, 1.54) is 51.4 Å². The summed E-state index contributed by atoms with van der Waals surface area (Å²) in [5, 5.41) is 10.1. The van der Waals surface area contributed by atoms with Crippen LogP contribution in [0.15, 0.2) is 25.3 Å². The number of allylic oxidation sites excluding steroid dienone is 2. The van der Waals surface area contributed by atoms with Crippen LogP contribution >= 0.6 is 15.9 Å². The average molecular weight is 488 g/mol. The van der Waals surface area contributed by atoms with Crippen molar-refractivity contribution in [2.45, 2.75) is 103 Å². The van der Waals surface area contributed by atoms with Crippen LogP contribution in [0, 0.1) is 6.61 Å². The Hall–Kier alpha value is 0.606. The van der Waals surface area contributed by atoms with E-state index in [0.29, 0.717) is 6.10 Å². The second-order valence-corrected chi connectivity index (χ2v) is 8.07. The predicted molar refractivity (Wildman–Crippen MR) is 134 cm³/mol. The van der Waals surface area contributed by atoms with Gasteiger partial charge in [0.1, 0.15) is 0 Å². The molecule has 0 aromatic rings. The van der Waals surface area contributed by atoms with E-state index in [1.54, 1.807) is 0 Å². The molecule has 2 saturated heterocycles. The first-order valence-corrected chi connectivity index (χ1v) is 12.2. The molecule has 2 rings (SSSR count). The number of alkyl halides is 1. The summed E-state index contributed by atoms with van der Waals surface area (Å²) in [5.74, 6) is 0. The summed E-state index contributed by atoms with van der Waals surface area (Å²) in [6.45, 7) is 15.0. The van der Waals surface area contributed by atoms with Gasteiger partial charge in [0.25, 0.3) is 0 Å². The summed E-state index contributed by atoms with van der Waals surface area (Å²) in [6, 6.07) is 0. The fraction of sp³-hybridized carbons (Fsp3) is 0.792. The molecule has 0 amide bonds. The van der Waals surface area contributed by atoms with Crippen molar-refractivity contribution in [1.29, 1.82) is 0 Å². The standard InChI is InChI=1S/C10H20O.C7H13Br.C4H7O.C3H6O.Mg.H/c1-3-4-5-6-7-8-9-10(2)11;1-2-3-4-5-6-7-8;1-2-4-5-3-1;1-3-2-4-3;;/h3,10-11H,1,4-9H2,2H3;2H,1,3-7H2;3H,1-2,4H2;3H,2H2,1H3;;/q;;-1;;+2;-1/t10-;;;3-;;/m0..1../s1. The first kappa shape index (κ1) is 34.2. The van der Waals surface area contributed by atoms with E-state index >= 15 is 0 Å². The molecule has 5 heteroatoms. The molecule has 0 unspecified atom stereocenters. The van der Waals surface area contributed by atoms with Crippen LogP contribution in [-0.4, -0.2) is 58.9 Å². The van der Waals surface area contributed by atoms with Gasteiger partial charge in [0, 0.05) is 11.9 Å². The van der Waals surface area contributed by atoms with Crippen LogP contribution in [0.3, 0.4) is 0 Å². The van der Waals surface area contributed by atoms with E-state index < -0.39 is 0 Å². The van der Waals surface area contributed by atoms with Gasteiger partial charge in [-0.3, -0.25) is 0 Å². The number of halogens is 1. The number of rotatable bonds is 12. The Kier molecular flexibility index (Phi) is 36.3. The Morgan fingerprint density at radius 1 is 1.10 bits per heavy atom. The summed E-state index contributed by atoms with van der Waals surface area (Å²) in [5.41, 5.74) is 0. The molecule has 0 aromatic heterocycles. The SMILES string of the molecule is C=CCCCCCBr.C=CCCCCCC[C@H](C)O.C[C@@H]1CO1.[CH-]1CCCO1.[H-].[Mg+2]. The molecule has 2 atom stereocenters. The fourth-order valence-corrected chi connectivity index (χ4v) is 2.55. The van der Waals surface area contributed by atoms with Gasteiger partial charge in [0.05, 0.1) is 18.8 Å². The van der Waals surface area contributed by atoms with Crippen molar-refractivity contribution >= 4 is 39.0 Å². The van der Waals surface area contributed by atoms with Crippen molar-refractivity contribution in [2.75, 3.05) is 18.5 Å². The van der Waals surface area contributed by atoms with E-state index in [4.69, 9.17) is 14.6 Å². The number of epoxide rings is 1. The second kappa shape index (κ2) is 30.8. The minimum atomic E-state index is -0.116. The van der Waals surface area contributed by atoms with Gasteiger partial charge in [0.2, 0.25) is 0 Å². The number of aliphatic hydroxyl groups excluding tert-OH is 1. The minimum Gasteiger partial charge on any atom is -1.00 e. The first-order valence-electron chi connectivity index (χ1n) is 11.1.